The standard InChI is InChI=1S/C19H28N4O3/c1-7-22(8-2)18(25)13-9-14(12(5)6)20-16-15(13)17(24)21-19(26)23(16)10-11(3)4/h9,11-12H,7-8,10H2,1-6H3,(H,21,24,26). The summed E-state index contributed by atoms with van der Waals surface area (Å²) in [5.74, 6) is 0.0299. The Kier molecular flexibility index (Phi) is 6.00. The minimum absolute atomic E-state index is 0.0598. The summed E-state index contributed by atoms with van der Waals surface area (Å²) in [7, 11) is 0. The van der Waals surface area contributed by atoms with E-state index >= 15 is 0 Å². The summed E-state index contributed by atoms with van der Waals surface area (Å²) in [5, 5.41) is 0.187. The van der Waals surface area contributed by atoms with Gasteiger partial charge in [-0.05, 0) is 31.7 Å². The quantitative estimate of drug-likeness (QED) is 0.856. The molecule has 0 aliphatic carbocycles. The Morgan fingerprint density at radius 1 is 1.19 bits per heavy atom. The van der Waals surface area contributed by atoms with E-state index < -0.39 is 11.2 Å². The maximum Gasteiger partial charge on any atom is 0.330 e. The summed E-state index contributed by atoms with van der Waals surface area (Å²) in [6.45, 7) is 13.2. The maximum atomic E-state index is 13.0. The molecular formula is C19H28N4O3. The lowest BCUT2D eigenvalue weighted by Crippen LogP contribution is -2.35. The highest BCUT2D eigenvalue weighted by Crippen LogP contribution is 2.21. The number of hydrogen-bond donors (Lipinski definition) is 1. The first-order chi connectivity index (χ1) is 12.2. The van der Waals surface area contributed by atoms with Gasteiger partial charge in [0.2, 0.25) is 0 Å². The van der Waals surface area contributed by atoms with Gasteiger partial charge in [-0.15, -0.1) is 0 Å². The molecule has 0 radical (unpaired) electrons. The minimum Gasteiger partial charge on any atom is -0.339 e. The van der Waals surface area contributed by atoms with Crippen LogP contribution in [-0.4, -0.2) is 38.4 Å². The predicted molar refractivity (Wildman–Crippen MR) is 103 cm³/mol. The Hall–Kier alpha value is -2.44. The number of nitrogens with zero attached hydrogens (tertiary/aromatic N) is 3. The summed E-state index contributed by atoms with van der Waals surface area (Å²) in [6.07, 6.45) is 0. The second-order valence-corrected chi connectivity index (χ2v) is 7.19. The number of pyridine rings is 1. The monoisotopic (exact) mass is 360 g/mol. The van der Waals surface area contributed by atoms with Crippen LogP contribution in [0, 0.1) is 5.92 Å². The number of rotatable bonds is 6. The minimum atomic E-state index is -0.566. The summed E-state index contributed by atoms with van der Waals surface area (Å²) in [6, 6.07) is 1.69. The number of carbonyl (C=O) groups is 1. The second-order valence-electron chi connectivity index (χ2n) is 7.19. The molecular weight excluding hydrogens is 332 g/mol. The highest BCUT2D eigenvalue weighted by molar-refractivity contribution is 6.05. The summed E-state index contributed by atoms with van der Waals surface area (Å²) >= 11 is 0. The van der Waals surface area contributed by atoms with Crippen LogP contribution in [0.25, 0.3) is 11.0 Å². The van der Waals surface area contributed by atoms with Crippen LogP contribution in [0.1, 0.15) is 63.5 Å². The molecule has 0 saturated carbocycles. The highest BCUT2D eigenvalue weighted by Gasteiger charge is 2.23. The van der Waals surface area contributed by atoms with Gasteiger partial charge in [0.1, 0.15) is 0 Å². The molecule has 0 unspecified atom stereocenters. The molecule has 26 heavy (non-hydrogen) atoms. The van der Waals surface area contributed by atoms with Gasteiger partial charge in [0, 0.05) is 25.3 Å². The SMILES string of the molecule is CCN(CC)C(=O)c1cc(C(C)C)nc2c1c(=O)[nH]c(=O)n2CC(C)C. The molecule has 0 atom stereocenters. The third kappa shape index (κ3) is 3.71. The van der Waals surface area contributed by atoms with E-state index in [0.29, 0.717) is 30.9 Å². The van der Waals surface area contributed by atoms with Crippen molar-refractivity contribution in [3.05, 3.63) is 38.2 Å². The number of hydrogen-bond acceptors (Lipinski definition) is 4. The third-order valence-corrected chi connectivity index (χ3v) is 4.39. The smallest absolute Gasteiger partial charge is 0.330 e. The molecule has 0 spiro atoms. The molecule has 0 bridgehead atoms. The molecule has 0 fully saturated rings. The van der Waals surface area contributed by atoms with E-state index in [0.717, 1.165) is 0 Å². The number of aromatic amines is 1. The topological polar surface area (TPSA) is 88.1 Å². The molecule has 2 aromatic heterocycles. The summed E-state index contributed by atoms with van der Waals surface area (Å²) in [5.41, 5.74) is 0.222. The fourth-order valence-corrected chi connectivity index (χ4v) is 2.97. The Morgan fingerprint density at radius 2 is 1.81 bits per heavy atom. The Morgan fingerprint density at radius 3 is 2.31 bits per heavy atom. The van der Waals surface area contributed by atoms with Crippen molar-refractivity contribution in [1.29, 1.82) is 0 Å². The predicted octanol–water partition coefficient (Wildman–Crippen LogP) is 2.35. The average Bonchev–Trinajstić information content (AvgIpc) is 2.58. The lowest BCUT2D eigenvalue weighted by molar-refractivity contribution is 0.0774. The van der Waals surface area contributed by atoms with E-state index in [1.54, 1.807) is 11.0 Å². The second kappa shape index (κ2) is 7.85. The number of carbonyl (C=O) groups excluding carboxylic acids is 1. The number of amides is 1. The van der Waals surface area contributed by atoms with Gasteiger partial charge in [0.15, 0.2) is 5.65 Å². The Balaban J connectivity index is 2.93. The Bertz CT molecular complexity index is 921. The molecule has 2 heterocycles. The van der Waals surface area contributed by atoms with E-state index in [1.807, 2.05) is 41.5 Å². The van der Waals surface area contributed by atoms with Gasteiger partial charge in [-0.25, -0.2) is 9.78 Å². The van der Waals surface area contributed by atoms with Crippen LogP contribution in [-0.2, 0) is 6.54 Å². The maximum absolute atomic E-state index is 13.0. The van der Waals surface area contributed by atoms with E-state index in [-0.39, 0.29) is 28.8 Å². The van der Waals surface area contributed by atoms with E-state index in [1.165, 1.54) is 4.57 Å². The molecule has 0 aliphatic heterocycles. The van der Waals surface area contributed by atoms with Crippen molar-refractivity contribution in [2.75, 3.05) is 13.1 Å². The van der Waals surface area contributed by atoms with Crippen molar-refractivity contribution in [2.24, 2.45) is 5.92 Å². The molecule has 142 valence electrons. The van der Waals surface area contributed by atoms with Crippen LogP contribution in [0.3, 0.4) is 0 Å². The van der Waals surface area contributed by atoms with Gasteiger partial charge in [0.05, 0.1) is 10.9 Å². The number of H-pyrrole nitrogens is 1. The van der Waals surface area contributed by atoms with E-state index in [4.69, 9.17) is 0 Å². The largest absolute Gasteiger partial charge is 0.339 e. The van der Waals surface area contributed by atoms with Crippen molar-refractivity contribution < 1.29 is 4.79 Å². The zero-order valence-electron chi connectivity index (χ0n) is 16.4. The van der Waals surface area contributed by atoms with Crippen molar-refractivity contribution in [2.45, 2.75) is 54.0 Å². The highest BCUT2D eigenvalue weighted by atomic mass is 16.2. The molecule has 0 aliphatic rings. The molecule has 0 aromatic carbocycles. The lowest BCUT2D eigenvalue weighted by Gasteiger charge is -2.21. The first kappa shape index (κ1) is 19.9. The zero-order chi connectivity index (χ0) is 19.6. The van der Waals surface area contributed by atoms with Crippen LogP contribution in [0.4, 0.5) is 0 Å². The number of fused-ring (bicyclic) bond motifs is 1. The summed E-state index contributed by atoms with van der Waals surface area (Å²) < 4.78 is 1.46. The fraction of sp³-hybridized carbons (Fsp3) is 0.579. The van der Waals surface area contributed by atoms with Gasteiger partial charge in [-0.2, -0.15) is 0 Å². The van der Waals surface area contributed by atoms with Crippen molar-refractivity contribution in [3.8, 4) is 0 Å². The molecule has 2 rings (SSSR count). The first-order valence-electron chi connectivity index (χ1n) is 9.18. The van der Waals surface area contributed by atoms with Gasteiger partial charge in [0.25, 0.3) is 11.5 Å². The number of nitrogens with one attached hydrogen (secondary N) is 1. The molecule has 2 aromatic rings. The lowest BCUT2D eigenvalue weighted by atomic mass is 10.0. The molecule has 1 N–H and O–H groups in total. The summed E-state index contributed by atoms with van der Waals surface area (Å²) in [4.78, 5) is 46.5. The Labute approximate surface area is 153 Å². The molecule has 7 heteroatoms. The van der Waals surface area contributed by atoms with Gasteiger partial charge >= 0.3 is 5.69 Å². The average molecular weight is 360 g/mol. The van der Waals surface area contributed by atoms with Crippen LogP contribution in [0.2, 0.25) is 0 Å². The third-order valence-electron chi connectivity index (χ3n) is 4.39. The number of aromatic nitrogens is 3. The fourth-order valence-electron chi connectivity index (χ4n) is 2.97. The van der Waals surface area contributed by atoms with E-state index in [9.17, 15) is 14.4 Å². The normalized spacial score (nSPS) is 11.5. The van der Waals surface area contributed by atoms with Crippen LogP contribution < -0.4 is 11.2 Å². The van der Waals surface area contributed by atoms with E-state index in [2.05, 4.69) is 9.97 Å². The molecule has 0 saturated heterocycles. The van der Waals surface area contributed by atoms with Crippen LogP contribution >= 0.6 is 0 Å². The van der Waals surface area contributed by atoms with Crippen LogP contribution in [0.15, 0.2) is 15.7 Å². The van der Waals surface area contributed by atoms with Gasteiger partial charge in [-0.3, -0.25) is 19.1 Å². The molecule has 1 amide bonds. The van der Waals surface area contributed by atoms with Crippen molar-refractivity contribution in [1.82, 2.24) is 19.4 Å². The van der Waals surface area contributed by atoms with Crippen LogP contribution in [0.5, 0.6) is 0 Å². The van der Waals surface area contributed by atoms with Gasteiger partial charge in [-0.1, -0.05) is 27.7 Å². The van der Waals surface area contributed by atoms with Gasteiger partial charge < -0.3 is 4.90 Å². The zero-order valence-corrected chi connectivity index (χ0v) is 16.4. The molecule has 7 nitrogen and oxygen atoms in total. The van der Waals surface area contributed by atoms with Crippen molar-refractivity contribution >= 4 is 16.9 Å². The van der Waals surface area contributed by atoms with Crippen molar-refractivity contribution in [3.63, 3.8) is 0 Å². The first-order valence-corrected chi connectivity index (χ1v) is 9.18.